The Balaban J connectivity index is 1.23. The number of rotatable bonds is 6. The Hall–Kier alpha value is -1.36. The Morgan fingerprint density at radius 2 is 1.94 bits per heavy atom. The standard InChI is InChI=1S/C23H37F2N5O3/c1-29(23(7-8-23)12-33-2)22(32)19-15-11-30(9-6-17(15)27-28-19)21(31)18-10-14-13(20(24)25)4-3-5-16(14)26-18/h13-20,26-28H,3-12H2,1-2H3. The predicted octanol–water partition coefficient (Wildman–Crippen LogP) is 0.729. The second kappa shape index (κ2) is 9.02. The van der Waals surface area contributed by atoms with Gasteiger partial charge in [-0.15, -0.1) is 0 Å². The zero-order chi connectivity index (χ0) is 23.3. The number of likely N-dealkylation sites (N-methyl/N-ethyl adjacent to an activating group) is 1. The third kappa shape index (κ3) is 4.17. The number of fused-ring (bicyclic) bond motifs is 2. The van der Waals surface area contributed by atoms with Crippen molar-refractivity contribution in [2.24, 2.45) is 17.8 Å². The quantitative estimate of drug-likeness (QED) is 0.532. The molecular weight excluding hydrogens is 432 g/mol. The van der Waals surface area contributed by atoms with Gasteiger partial charge in [0.2, 0.25) is 18.2 Å². The van der Waals surface area contributed by atoms with E-state index >= 15 is 0 Å². The number of hydrogen-bond donors (Lipinski definition) is 3. The monoisotopic (exact) mass is 469 g/mol. The summed E-state index contributed by atoms with van der Waals surface area (Å²) in [5.74, 6) is -0.724. The lowest BCUT2D eigenvalue weighted by molar-refractivity contribution is -0.140. The molecule has 5 aliphatic rings. The lowest BCUT2D eigenvalue weighted by Gasteiger charge is -2.38. The minimum Gasteiger partial charge on any atom is -0.382 e. The SMILES string of the molecule is COCC1(N(C)C(=O)C2NNC3CCN(C(=O)C4CC5C(CCCC5C(F)F)N4)CC32)CC1. The summed E-state index contributed by atoms with van der Waals surface area (Å²) >= 11 is 0. The number of carbonyl (C=O) groups excluding carboxylic acids is 2. The third-order valence-electron chi connectivity index (χ3n) is 9.03. The van der Waals surface area contributed by atoms with E-state index in [0.29, 0.717) is 32.5 Å². The van der Waals surface area contributed by atoms with Crippen molar-refractivity contribution < 1.29 is 23.1 Å². The number of methoxy groups -OCH3 is 1. The van der Waals surface area contributed by atoms with Crippen LogP contribution in [0, 0.1) is 17.8 Å². The first-order valence-corrected chi connectivity index (χ1v) is 12.5. The van der Waals surface area contributed by atoms with Crippen molar-refractivity contribution in [1.29, 1.82) is 0 Å². The predicted molar refractivity (Wildman–Crippen MR) is 117 cm³/mol. The topological polar surface area (TPSA) is 85.9 Å². The van der Waals surface area contributed by atoms with Crippen LogP contribution in [0.3, 0.4) is 0 Å². The summed E-state index contributed by atoms with van der Waals surface area (Å²) in [4.78, 5) is 30.4. The third-order valence-corrected chi connectivity index (χ3v) is 9.03. The van der Waals surface area contributed by atoms with Gasteiger partial charge in [-0.25, -0.2) is 14.2 Å². The lowest BCUT2D eigenvalue weighted by Crippen LogP contribution is -2.56. The van der Waals surface area contributed by atoms with Gasteiger partial charge in [-0.1, -0.05) is 6.42 Å². The molecular formula is C23H37F2N5O3. The zero-order valence-corrected chi connectivity index (χ0v) is 19.6. The Morgan fingerprint density at radius 1 is 1.15 bits per heavy atom. The van der Waals surface area contributed by atoms with Crippen LogP contribution in [0.2, 0.25) is 0 Å². The van der Waals surface area contributed by atoms with Gasteiger partial charge in [0.05, 0.1) is 18.2 Å². The number of likely N-dealkylation sites (tertiary alicyclic amines) is 1. The smallest absolute Gasteiger partial charge is 0.241 e. The molecule has 0 bridgehead atoms. The Bertz CT molecular complexity index is 766. The van der Waals surface area contributed by atoms with Gasteiger partial charge in [0.1, 0.15) is 6.04 Å². The molecule has 0 aromatic carbocycles. The maximum atomic E-state index is 13.5. The first kappa shape index (κ1) is 23.4. The molecule has 2 amide bonds. The molecule has 2 aliphatic carbocycles. The number of amides is 2. The van der Waals surface area contributed by atoms with E-state index in [-0.39, 0.29) is 41.3 Å². The van der Waals surface area contributed by atoms with E-state index in [1.807, 2.05) is 16.8 Å². The number of ether oxygens (including phenoxy) is 1. The van der Waals surface area contributed by atoms with Crippen molar-refractivity contribution in [1.82, 2.24) is 26.0 Å². The molecule has 33 heavy (non-hydrogen) atoms. The van der Waals surface area contributed by atoms with Crippen LogP contribution >= 0.6 is 0 Å². The molecule has 0 aromatic heterocycles. The average Bonchev–Trinajstić information content (AvgIpc) is 3.28. The fourth-order valence-electron chi connectivity index (χ4n) is 6.83. The normalized spacial score (nSPS) is 39.3. The molecule has 186 valence electrons. The van der Waals surface area contributed by atoms with Crippen LogP contribution in [0.4, 0.5) is 8.78 Å². The number of nitrogens with zero attached hydrogens (tertiary/aromatic N) is 2. The summed E-state index contributed by atoms with van der Waals surface area (Å²) < 4.78 is 32.4. The summed E-state index contributed by atoms with van der Waals surface area (Å²) in [6.07, 6.45) is 3.02. The van der Waals surface area contributed by atoms with E-state index in [1.165, 1.54) is 0 Å². The lowest BCUT2D eigenvalue weighted by atomic mass is 9.76. The highest BCUT2D eigenvalue weighted by Crippen LogP contribution is 2.43. The van der Waals surface area contributed by atoms with E-state index in [9.17, 15) is 18.4 Å². The van der Waals surface area contributed by atoms with Crippen molar-refractivity contribution in [3.8, 4) is 0 Å². The second-order valence-electron chi connectivity index (χ2n) is 10.8. The number of hydrazine groups is 1. The Labute approximate surface area is 194 Å². The van der Waals surface area contributed by atoms with E-state index in [4.69, 9.17) is 4.74 Å². The molecule has 7 atom stereocenters. The highest BCUT2D eigenvalue weighted by Gasteiger charge is 2.53. The Morgan fingerprint density at radius 3 is 2.64 bits per heavy atom. The van der Waals surface area contributed by atoms with Gasteiger partial charge in [0, 0.05) is 51.2 Å². The molecule has 0 spiro atoms. The van der Waals surface area contributed by atoms with Gasteiger partial charge in [-0.05, 0) is 44.4 Å². The van der Waals surface area contributed by atoms with Crippen molar-refractivity contribution in [3.05, 3.63) is 0 Å². The largest absolute Gasteiger partial charge is 0.382 e. The summed E-state index contributed by atoms with van der Waals surface area (Å²) in [6.45, 7) is 1.64. The number of piperidine rings is 1. The average molecular weight is 470 g/mol. The molecule has 7 unspecified atom stereocenters. The molecule has 0 radical (unpaired) electrons. The summed E-state index contributed by atoms with van der Waals surface area (Å²) in [6, 6.07) is -0.646. The summed E-state index contributed by atoms with van der Waals surface area (Å²) in [5, 5.41) is 3.38. The van der Waals surface area contributed by atoms with E-state index in [2.05, 4.69) is 16.2 Å². The van der Waals surface area contributed by atoms with Crippen LogP contribution in [-0.4, -0.2) is 91.6 Å². The molecule has 0 aromatic rings. The molecule has 5 fully saturated rings. The molecule has 8 nitrogen and oxygen atoms in total. The van der Waals surface area contributed by atoms with Gasteiger partial charge < -0.3 is 19.9 Å². The molecule has 3 saturated heterocycles. The fourth-order valence-corrected chi connectivity index (χ4v) is 6.83. The Kier molecular flexibility index (Phi) is 6.39. The number of hydrogen-bond acceptors (Lipinski definition) is 6. The molecule has 2 saturated carbocycles. The van der Waals surface area contributed by atoms with Gasteiger partial charge in [-0.3, -0.25) is 15.0 Å². The van der Waals surface area contributed by atoms with Crippen LogP contribution < -0.4 is 16.2 Å². The van der Waals surface area contributed by atoms with Crippen LogP contribution in [0.1, 0.15) is 44.9 Å². The van der Waals surface area contributed by atoms with Crippen LogP contribution in [0.5, 0.6) is 0 Å². The summed E-state index contributed by atoms with van der Waals surface area (Å²) in [7, 11) is 3.50. The molecule has 3 heterocycles. The highest BCUT2D eigenvalue weighted by molar-refractivity contribution is 5.85. The first-order chi connectivity index (χ1) is 15.8. The zero-order valence-electron chi connectivity index (χ0n) is 19.6. The number of alkyl halides is 2. The van der Waals surface area contributed by atoms with Crippen molar-refractivity contribution in [3.63, 3.8) is 0 Å². The van der Waals surface area contributed by atoms with Crippen molar-refractivity contribution >= 4 is 11.8 Å². The van der Waals surface area contributed by atoms with Crippen LogP contribution in [0.25, 0.3) is 0 Å². The minimum absolute atomic E-state index is 0.000339. The fraction of sp³-hybridized carbons (Fsp3) is 0.913. The molecule has 10 heteroatoms. The number of halogens is 2. The maximum absolute atomic E-state index is 13.5. The highest BCUT2D eigenvalue weighted by atomic mass is 19.3. The van der Waals surface area contributed by atoms with E-state index < -0.39 is 24.4 Å². The van der Waals surface area contributed by atoms with Crippen molar-refractivity contribution in [2.75, 3.05) is 33.9 Å². The van der Waals surface area contributed by atoms with E-state index in [1.54, 1.807) is 7.11 Å². The number of carbonyl (C=O) groups is 2. The maximum Gasteiger partial charge on any atom is 0.241 e. The second-order valence-corrected chi connectivity index (χ2v) is 10.8. The summed E-state index contributed by atoms with van der Waals surface area (Å²) in [5.41, 5.74) is 6.25. The van der Waals surface area contributed by atoms with Crippen LogP contribution in [0.15, 0.2) is 0 Å². The molecule has 5 rings (SSSR count). The first-order valence-electron chi connectivity index (χ1n) is 12.5. The van der Waals surface area contributed by atoms with Crippen molar-refractivity contribution in [2.45, 2.75) is 81.1 Å². The van der Waals surface area contributed by atoms with Gasteiger partial charge in [0.25, 0.3) is 0 Å². The molecule has 3 N–H and O–H groups in total. The number of nitrogens with one attached hydrogen (secondary N) is 3. The molecule has 3 aliphatic heterocycles. The van der Waals surface area contributed by atoms with Gasteiger partial charge in [0.15, 0.2) is 0 Å². The van der Waals surface area contributed by atoms with E-state index in [0.717, 1.165) is 32.1 Å². The van der Waals surface area contributed by atoms with Crippen LogP contribution in [-0.2, 0) is 14.3 Å². The minimum atomic E-state index is -2.32. The van der Waals surface area contributed by atoms with Gasteiger partial charge >= 0.3 is 0 Å². The van der Waals surface area contributed by atoms with Gasteiger partial charge in [-0.2, -0.15) is 0 Å².